The highest BCUT2D eigenvalue weighted by atomic mass is 35.5. The smallest absolute Gasteiger partial charge is 0.0701 e. The van der Waals surface area contributed by atoms with E-state index in [1.165, 1.54) is 5.54 Å². The van der Waals surface area contributed by atoms with Gasteiger partial charge in [-0.15, -0.1) is 0 Å². The Hall–Kier alpha value is 0.200. The maximum Gasteiger partial charge on any atom is 0.0701 e. The molecule has 13 heavy (non-hydrogen) atoms. The largest absolute Gasteiger partial charge is 0.377 e. The molecule has 0 aromatic heterocycles. The molecule has 0 saturated carbocycles. The van der Waals surface area contributed by atoms with E-state index in [0.717, 1.165) is 0 Å². The molecule has 5 heteroatoms. The third kappa shape index (κ3) is 4.84. The Morgan fingerprint density at radius 1 is 1.38 bits per heavy atom. The number of ether oxygens (including phenoxy) is 2. The van der Waals surface area contributed by atoms with E-state index < -0.39 is 0 Å². The van der Waals surface area contributed by atoms with E-state index in [9.17, 15) is 0 Å². The molecule has 1 rings (SSSR count). The van der Waals surface area contributed by atoms with Gasteiger partial charge in [-0.25, -0.2) is 0 Å². The van der Waals surface area contributed by atoms with Gasteiger partial charge in [-0.05, 0) is 0 Å². The van der Waals surface area contributed by atoms with Gasteiger partial charge in [0.2, 0.25) is 0 Å². The van der Waals surface area contributed by atoms with Crippen molar-refractivity contribution in [3.8, 4) is 0 Å². The quantitative estimate of drug-likeness (QED) is 0.787. The molecule has 1 fully saturated rings. The molecule has 1 heterocycles. The molecule has 3 nitrogen and oxygen atoms in total. The fourth-order valence-electron chi connectivity index (χ4n) is 1.02. The first-order valence-corrected chi connectivity index (χ1v) is 4.98. The summed E-state index contributed by atoms with van der Waals surface area (Å²) in [5, 5.41) is 3.77. The maximum atomic E-state index is 5.71. The van der Waals surface area contributed by atoms with Crippen molar-refractivity contribution >= 4 is 23.2 Å². The third-order valence-corrected chi connectivity index (χ3v) is 2.31. The monoisotopic (exact) mass is 225 g/mol. The second kappa shape index (κ2) is 6.62. The SMILES string of the molecule is Cl/C=C(/Cl)CNC1COCCOC1. The summed E-state index contributed by atoms with van der Waals surface area (Å²) in [6.07, 6.45) is 0. The van der Waals surface area contributed by atoms with Crippen LogP contribution in [0, 0.1) is 0 Å². The molecule has 1 aliphatic rings. The molecule has 0 radical (unpaired) electrons. The molecule has 1 N–H and O–H groups in total. The molecule has 76 valence electrons. The van der Waals surface area contributed by atoms with Gasteiger partial charge < -0.3 is 14.8 Å². The predicted octanol–water partition coefficient (Wildman–Crippen LogP) is 1.31. The topological polar surface area (TPSA) is 30.5 Å². The van der Waals surface area contributed by atoms with E-state index in [1.54, 1.807) is 0 Å². The van der Waals surface area contributed by atoms with E-state index in [-0.39, 0.29) is 6.04 Å². The summed E-state index contributed by atoms with van der Waals surface area (Å²) in [4.78, 5) is 0. The predicted molar refractivity (Wildman–Crippen MR) is 53.2 cm³/mol. The number of hydrogen-bond acceptors (Lipinski definition) is 3. The van der Waals surface area contributed by atoms with Crippen LogP contribution in [0.25, 0.3) is 0 Å². The highest BCUT2D eigenvalue weighted by molar-refractivity contribution is 6.36. The Labute approximate surface area is 88.0 Å². The van der Waals surface area contributed by atoms with Gasteiger partial charge in [0, 0.05) is 17.1 Å². The first kappa shape index (κ1) is 11.3. The lowest BCUT2D eigenvalue weighted by atomic mass is 10.3. The summed E-state index contributed by atoms with van der Waals surface area (Å²) in [7, 11) is 0. The Morgan fingerprint density at radius 3 is 2.54 bits per heavy atom. The van der Waals surface area contributed by atoms with Crippen LogP contribution in [0.5, 0.6) is 0 Å². The summed E-state index contributed by atoms with van der Waals surface area (Å²) in [6, 6.07) is 0.202. The lowest BCUT2D eigenvalue weighted by Crippen LogP contribution is -2.36. The summed E-state index contributed by atoms with van der Waals surface area (Å²) in [6.45, 7) is 3.20. The van der Waals surface area contributed by atoms with Crippen molar-refractivity contribution in [3.05, 3.63) is 10.6 Å². The summed E-state index contributed by atoms with van der Waals surface area (Å²) < 4.78 is 10.6. The fourth-order valence-corrected chi connectivity index (χ4v) is 1.17. The van der Waals surface area contributed by atoms with Gasteiger partial charge in [-0.2, -0.15) is 0 Å². The Kier molecular flexibility index (Phi) is 5.75. The summed E-state index contributed by atoms with van der Waals surface area (Å²) in [5.74, 6) is 0. The van der Waals surface area contributed by atoms with Crippen LogP contribution in [0.1, 0.15) is 0 Å². The molecule has 0 amide bonds. The third-order valence-electron chi connectivity index (χ3n) is 1.69. The standard InChI is InChI=1S/C8H13Cl2NO2/c9-3-7(10)4-11-8-5-12-1-2-13-6-8/h3,8,11H,1-2,4-6H2/b7-3+. The molecule has 0 bridgehead atoms. The van der Waals surface area contributed by atoms with Crippen molar-refractivity contribution in [2.45, 2.75) is 6.04 Å². The first-order chi connectivity index (χ1) is 6.33. The van der Waals surface area contributed by atoms with Gasteiger partial charge in [0.1, 0.15) is 0 Å². The van der Waals surface area contributed by atoms with Gasteiger partial charge in [-0.1, -0.05) is 23.2 Å². The molecular formula is C8H13Cl2NO2. The van der Waals surface area contributed by atoms with Crippen LogP contribution in [-0.4, -0.2) is 39.0 Å². The van der Waals surface area contributed by atoms with E-state index in [2.05, 4.69) is 5.32 Å². The molecule has 0 unspecified atom stereocenters. The van der Waals surface area contributed by atoms with Gasteiger partial charge in [0.15, 0.2) is 0 Å². The molecule has 1 aliphatic heterocycles. The van der Waals surface area contributed by atoms with Crippen molar-refractivity contribution < 1.29 is 9.47 Å². The number of nitrogens with one attached hydrogen (secondary N) is 1. The van der Waals surface area contributed by atoms with Gasteiger partial charge >= 0.3 is 0 Å². The van der Waals surface area contributed by atoms with Crippen LogP contribution in [0.2, 0.25) is 0 Å². The maximum absolute atomic E-state index is 5.71. The zero-order valence-corrected chi connectivity index (χ0v) is 8.77. The fraction of sp³-hybridized carbons (Fsp3) is 0.750. The minimum Gasteiger partial charge on any atom is -0.377 e. The number of hydrogen-bond donors (Lipinski definition) is 1. The average molecular weight is 226 g/mol. The van der Waals surface area contributed by atoms with Crippen LogP contribution in [-0.2, 0) is 9.47 Å². The van der Waals surface area contributed by atoms with E-state index in [1.807, 2.05) is 0 Å². The van der Waals surface area contributed by atoms with Crippen LogP contribution in [0.15, 0.2) is 10.6 Å². The molecule has 0 aliphatic carbocycles. The minimum absolute atomic E-state index is 0.202. The number of halogens is 2. The minimum atomic E-state index is 0.202. The van der Waals surface area contributed by atoms with Crippen LogP contribution >= 0.6 is 23.2 Å². The zero-order chi connectivity index (χ0) is 9.52. The van der Waals surface area contributed by atoms with E-state index >= 15 is 0 Å². The summed E-state index contributed by atoms with van der Waals surface area (Å²) in [5.41, 5.74) is 1.35. The normalized spacial score (nSPS) is 21.5. The second-order valence-corrected chi connectivity index (χ2v) is 3.49. The van der Waals surface area contributed by atoms with Gasteiger partial charge in [0.25, 0.3) is 0 Å². The van der Waals surface area contributed by atoms with Crippen LogP contribution in [0.4, 0.5) is 0 Å². The molecule has 1 saturated heterocycles. The van der Waals surface area contributed by atoms with Crippen LogP contribution < -0.4 is 5.32 Å². The highest BCUT2D eigenvalue weighted by Crippen LogP contribution is 2.02. The van der Waals surface area contributed by atoms with Crippen molar-refractivity contribution in [1.29, 1.82) is 0 Å². The van der Waals surface area contributed by atoms with Gasteiger partial charge in [0.05, 0.1) is 32.5 Å². The molecule has 0 aromatic carbocycles. The van der Waals surface area contributed by atoms with Crippen molar-refractivity contribution in [2.75, 3.05) is 33.0 Å². The summed E-state index contributed by atoms with van der Waals surface area (Å²) >= 11 is 11.1. The Balaban J connectivity index is 2.19. The molecule has 0 aromatic rings. The van der Waals surface area contributed by atoms with Crippen molar-refractivity contribution in [2.24, 2.45) is 0 Å². The molecule has 0 atom stereocenters. The Bertz CT molecular complexity index is 168. The van der Waals surface area contributed by atoms with E-state index in [0.29, 0.717) is 38.0 Å². The zero-order valence-electron chi connectivity index (χ0n) is 7.26. The van der Waals surface area contributed by atoms with Crippen molar-refractivity contribution in [1.82, 2.24) is 5.32 Å². The lowest BCUT2D eigenvalue weighted by Gasteiger charge is -2.14. The van der Waals surface area contributed by atoms with Gasteiger partial charge in [-0.3, -0.25) is 0 Å². The average Bonchev–Trinajstić information content (AvgIpc) is 2.42. The first-order valence-electron chi connectivity index (χ1n) is 4.16. The molecular weight excluding hydrogens is 213 g/mol. The second-order valence-electron chi connectivity index (χ2n) is 2.78. The van der Waals surface area contributed by atoms with Crippen molar-refractivity contribution in [3.63, 3.8) is 0 Å². The van der Waals surface area contributed by atoms with Crippen LogP contribution in [0.3, 0.4) is 0 Å². The van der Waals surface area contributed by atoms with E-state index in [4.69, 9.17) is 32.7 Å². The highest BCUT2D eigenvalue weighted by Gasteiger charge is 2.11. The molecule has 0 spiro atoms. The Morgan fingerprint density at radius 2 is 2.00 bits per heavy atom. The number of rotatable bonds is 3. The lowest BCUT2D eigenvalue weighted by molar-refractivity contribution is 0.103.